The minimum Gasteiger partial charge on any atom is -0.363 e. The molecule has 144 valence electrons. The number of hydrogen-bond donors (Lipinski definition) is 2. The Hall–Kier alpha value is -1.82. The summed E-state index contributed by atoms with van der Waals surface area (Å²) in [5, 5.41) is 7.04. The molecule has 1 saturated carbocycles. The van der Waals surface area contributed by atoms with Gasteiger partial charge in [-0.3, -0.25) is 4.90 Å². The molecule has 0 radical (unpaired) electrons. The Balaban J connectivity index is 1.56. The van der Waals surface area contributed by atoms with E-state index < -0.39 is 0 Å². The highest BCUT2D eigenvalue weighted by atomic mass is 15.3. The predicted molar refractivity (Wildman–Crippen MR) is 109 cm³/mol. The molecule has 1 atom stereocenters. The molecule has 1 aliphatic carbocycles. The van der Waals surface area contributed by atoms with Gasteiger partial charge in [-0.25, -0.2) is 9.98 Å². The van der Waals surface area contributed by atoms with Crippen LogP contribution in [-0.2, 0) is 6.54 Å². The fourth-order valence-electron chi connectivity index (χ4n) is 3.99. The van der Waals surface area contributed by atoms with Crippen LogP contribution in [0.3, 0.4) is 0 Å². The van der Waals surface area contributed by atoms with E-state index in [-0.39, 0.29) is 0 Å². The van der Waals surface area contributed by atoms with Crippen molar-refractivity contribution in [1.82, 2.24) is 20.5 Å². The molecule has 3 rings (SSSR count). The Morgan fingerprint density at radius 3 is 2.85 bits per heavy atom. The molecule has 0 bridgehead atoms. The topological polar surface area (TPSA) is 55.8 Å². The summed E-state index contributed by atoms with van der Waals surface area (Å²) in [6.45, 7) is 6.03. The van der Waals surface area contributed by atoms with Gasteiger partial charge in [0.25, 0.3) is 0 Å². The first kappa shape index (κ1) is 19.0. The summed E-state index contributed by atoms with van der Waals surface area (Å²) in [5.41, 5.74) is 1.18. The van der Waals surface area contributed by atoms with Gasteiger partial charge in [-0.1, -0.05) is 12.8 Å². The molecule has 6 nitrogen and oxygen atoms in total. The normalized spacial score (nSPS) is 22.0. The lowest BCUT2D eigenvalue weighted by Crippen LogP contribution is -2.45. The smallest absolute Gasteiger partial charge is 0.191 e. The number of hydrogen-bond acceptors (Lipinski definition) is 4. The first-order valence-electron chi connectivity index (χ1n) is 10.1. The van der Waals surface area contributed by atoms with Gasteiger partial charge in [0.05, 0.1) is 6.54 Å². The molecule has 2 N–H and O–H groups in total. The van der Waals surface area contributed by atoms with E-state index in [1.807, 2.05) is 31.3 Å². The van der Waals surface area contributed by atoms with Crippen molar-refractivity contribution < 1.29 is 0 Å². The highest BCUT2D eigenvalue weighted by Crippen LogP contribution is 2.26. The number of aliphatic imine (C=N–C) groups is 1. The summed E-state index contributed by atoms with van der Waals surface area (Å²) >= 11 is 0. The third-order valence-electron chi connectivity index (χ3n) is 5.43. The minimum absolute atomic E-state index is 0.503. The van der Waals surface area contributed by atoms with Crippen LogP contribution in [0.1, 0.15) is 44.6 Å². The lowest BCUT2D eigenvalue weighted by Gasteiger charge is -2.24. The summed E-state index contributed by atoms with van der Waals surface area (Å²) in [6.07, 6.45) is 8.65. The number of nitrogens with one attached hydrogen (secondary N) is 2. The molecule has 26 heavy (non-hydrogen) atoms. The van der Waals surface area contributed by atoms with E-state index in [9.17, 15) is 0 Å². The number of guanidine groups is 1. The standard InChI is InChI=1S/C20H34N6/c1-4-21-20(23-14-16-9-11-22-19(13-16)25(2)3)24-17-10-12-26(15-17)18-7-5-6-8-18/h9,11,13,17-18H,4-8,10,12,14-15H2,1-3H3,(H2,21,23,24). The zero-order valence-electron chi connectivity index (χ0n) is 16.5. The maximum atomic E-state index is 4.80. The van der Waals surface area contributed by atoms with Crippen LogP contribution in [0.25, 0.3) is 0 Å². The summed E-state index contributed by atoms with van der Waals surface area (Å²) in [4.78, 5) is 13.9. The molecule has 0 amide bonds. The van der Waals surface area contributed by atoms with Crippen LogP contribution in [0.5, 0.6) is 0 Å². The van der Waals surface area contributed by atoms with Gasteiger partial charge in [0.2, 0.25) is 0 Å². The van der Waals surface area contributed by atoms with Crippen LogP contribution in [-0.4, -0.2) is 61.7 Å². The summed E-state index contributed by atoms with van der Waals surface area (Å²) in [5.74, 6) is 1.90. The Kier molecular flexibility index (Phi) is 6.72. The minimum atomic E-state index is 0.503. The molecule has 1 saturated heterocycles. The number of nitrogens with zero attached hydrogens (tertiary/aromatic N) is 4. The second-order valence-corrected chi connectivity index (χ2v) is 7.68. The highest BCUT2D eigenvalue weighted by molar-refractivity contribution is 5.80. The van der Waals surface area contributed by atoms with E-state index in [0.29, 0.717) is 12.6 Å². The molecule has 0 aromatic carbocycles. The van der Waals surface area contributed by atoms with Crippen molar-refractivity contribution >= 4 is 11.8 Å². The molecule has 1 unspecified atom stereocenters. The second kappa shape index (κ2) is 9.21. The molecule has 1 aromatic heterocycles. The van der Waals surface area contributed by atoms with Gasteiger partial charge in [-0.05, 0) is 43.9 Å². The second-order valence-electron chi connectivity index (χ2n) is 7.68. The molecule has 6 heteroatoms. The summed E-state index contributed by atoms with van der Waals surface area (Å²) < 4.78 is 0. The van der Waals surface area contributed by atoms with Crippen molar-refractivity contribution in [2.45, 2.75) is 57.7 Å². The molecule has 1 aromatic rings. The molecule has 2 fully saturated rings. The molecule has 1 aliphatic heterocycles. The monoisotopic (exact) mass is 358 g/mol. The van der Waals surface area contributed by atoms with Crippen LogP contribution in [0, 0.1) is 0 Å². The quantitative estimate of drug-likeness (QED) is 0.603. The number of aromatic nitrogens is 1. The van der Waals surface area contributed by atoms with E-state index in [1.165, 1.54) is 44.2 Å². The number of rotatable bonds is 6. The van der Waals surface area contributed by atoms with Gasteiger partial charge in [0.15, 0.2) is 5.96 Å². The molecule has 2 aliphatic rings. The van der Waals surface area contributed by atoms with E-state index in [1.54, 1.807) is 0 Å². The average molecular weight is 359 g/mol. The fourth-order valence-corrected chi connectivity index (χ4v) is 3.99. The summed E-state index contributed by atoms with van der Waals surface area (Å²) in [6, 6.07) is 5.47. The van der Waals surface area contributed by atoms with Crippen molar-refractivity contribution in [1.29, 1.82) is 0 Å². The van der Waals surface area contributed by atoms with Gasteiger partial charge in [-0.15, -0.1) is 0 Å². The van der Waals surface area contributed by atoms with Crippen molar-refractivity contribution in [3.8, 4) is 0 Å². The first-order valence-corrected chi connectivity index (χ1v) is 10.1. The number of pyridine rings is 1. The lowest BCUT2D eigenvalue weighted by atomic mass is 10.2. The number of likely N-dealkylation sites (tertiary alicyclic amines) is 1. The van der Waals surface area contributed by atoms with Crippen LogP contribution in [0.4, 0.5) is 5.82 Å². The average Bonchev–Trinajstić information content (AvgIpc) is 3.31. The van der Waals surface area contributed by atoms with Crippen molar-refractivity contribution in [2.75, 3.05) is 38.6 Å². The van der Waals surface area contributed by atoms with Gasteiger partial charge in [-0.2, -0.15) is 0 Å². The van der Waals surface area contributed by atoms with Crippen LogP contribution in [0.2, 0.25) is 0 Å². The number of anilines is 1. The molecule has 2 heterocycles. The first-order chi connectivity index (χ1) is 12.7. The van der Waals surface area contributed by atoms with Gasteiger partial charge < -0.3 is 15.5 Å². The van der Waals surface area contributed by atoms with E-state index in [2.05, 4.69) is 33.5 Å². The van der Waals surface area contributed by atoms with Crippen molar-refractivity contribution in [3.63, 3.8) is 0 Å². The molecule has 0 spiro atoms. The maximum Gasteiger partial charge on any atom is 0.191 e. The summed E-state index contributed by atoms with van der Waals surface area (Å²) in [7, 11) is 4.02. The Bertz CT molecular complexity index is 594. The Morgan fingerprint density at radius 2 is 2.12 bits per heavy atom. The predicted octanol–water partition coefficient (Wildman–Crippen LogP) is 2.22. The molecular weight excluding hydrogens is 324 g/mol. The largest absolute Gasteiger partial charge is 0.363 e. The highest BCUT2D eigenvalue weighted by Gasteiger charge is 2.30. The third-order valence-corrected chi connectivity index (χ3v) is 5.43. The maximum absolute atomic E-state index is 4.80. The van der Waals surface area contributed by atoms with Gasteiger partial charge in [0.1, 0.15) is 5.82 Å². The van der Waals surface area contributed by atoms with Gasteiger partial charge in [0, 0.05) is 52.0 Å². The molecular formula is C20H34N6. The van der Waals surface area contributed by atoms with E-state index in [4.69, 9.17) is 4.99 Å². The lowest BCUT2D eigenvalue weighted by molar-refractivity contribution is 0.242. The van der Waals surface area contributed by atoms with Crippen LogP contribution >= 0.6 is 0 Å². The van der Waals surface area contributed by atoms with Crippen LogP contribution in [0.15, 0.2) is 23.3 Å². The van der Waals surface area contributed by atoms with E-state index in [0.717, 1.165) is 30.9 Å². The Morgan fingerprint density at radius 1 is 1.31 bits per heavy atom. The van der Waals surface area contributed by atoms with Crippen molar-refractivity contribution in [3.05, 3.63) is 23.9 Å². The fraction of sp³-hybridized carbons (Fsp3) is 0.700. The zero-order chi connectivity index (χ0) is 18.4. The SMILES string of the molecule is CCNC(=NCc1ccnc(N(C)C)c1)NC1CCN(C2CCCC2)C1. The van der Waals surface area contributed by atoms with Crippen LogP contribution < -0.4 is 15.5 Å². The Labute approximate surface area is 158 Å². The van der Waals surface area contributed by atoms with E-state index >= 15 is 0 Å². The van der Waals surface area contributed by atoms with Gasteiger partial charge >= 0.3 is 0 Å². The van der Waals surface area contributed by atoms with Crippen molar-refractivity contribution in [2.24, 2.45) is 4.99 Å². The third kappa shape index (κ3) is 5.10. The zero-order valence-corrected chi connectivity index (χ0v) is 16.5.